The highest BCUT2D eigenvalue weighted by Gasteiger charge is 2.08. The van der Waals surface area contributed by atoms with Gasteiger partial charge in [-0.05, 0) is 30.7 Å². The first-order valence-corrected chi connectivity index (χ1v) is 7.67. The molecule has 1 amide bonds. The predicted molar refractivity (Wildman–Crippen MR) is 82.4 cm³/mol. The number of aromatic nitrogens is 3. The lowest BCUT2D eigenvalue weighted by Gasteiger charge is -2.00. The lowest BCUT2D eigenvalue weighted by molar-refractivity contribution is -0.118. The van der Waals surface area contributed by atoms with Gasteiger partial charge in [-0.25, -0.2) is 4.98 Å². The van der Waals surface area contributed by atoms with Crippen LogP contribution in [-0.4, -0.2) is 40.5 Å². The van der Waals surface area contributed by atoms with Gasteiger partial charge < -0.3 is 10.1 Å². The van der Waals surface area contributed by atoms with Gasteiger partial charge in [0.2, 0.25) is 11.1 Å². The summed E-state index contributed by atoms with van der Waals surface area (Å²) in [5.74, 6) is 1.78. The highest BCUT2D eigenvalue weighted by atomic mass is 32.2. The molecule has 1 aromatic heterocycles. The summed E-state index contributed by atoms with van der Waals surface area (Å²) in [7, 11) is 1.63. The number of ether oxygens (including phenoxy) is 1. The molecule has 0 fully saturated rings. The van der Waals surface area contributed by atoms with Gasteiger partial charge in [-0.3, -0.25) is 9.89 Å². The van der Waals surface area contributed by atoms with Crippen LogP contribution in [0.4, 0.5) is 0 Å². The first-order chi connectivity index (χ1) is 10.2. The zero-order valence-electron chi connectivity index (χ0n) is 12.0. The van der Waals surface area contributed by atoms with E-state index in [1.807, 2.05) is 31.2 Å². The van der Waals surface area contributed by atoms with Gasteiger partial charge in [-0.1, -0.05) is 18.7 Å². The number of thioether (sulfide) groups is 1. The molecule has 0 aliphatic carbocycles. The third-order valence-corrected chi connectivity index (χ3v) is 3.58. The van der Waals surface area contributed by atoms with Crippen molar-refractivity contribution >= 4 is 17.7 Å². The van der Waals surface area contributed by atoms with Crippen LogP contribution in [0.1, 0.15) is 13.3 Å². The van der Waals surface area contributed by atoms with Gasteiger partial charge in [0.25, 0.3) is 0 Å². The van der Waals surface area contributed by atoms with E-state index in [4.69, 9.17) is 4.74 Å². The molecule has 0 saturated carbocycles. The summed E-state index contributed by atoms with van der Waals surface area (Å²) in [6, 6.07) is 7.54. The van der Waals surface area contributed by atoms with Crippen molar-refractivity contribution < 1.29 is 9.53 Å². The number of hydrogen-bond acceptors (Lipinski definition) is 5. The van der Waals surface area contributed by atoms with Crippen molar-refractivity contribution in [2.24, 2.45) is 0 Å². The average molecular weight is 306 g/mol. The van der Waals surface area contributed by atoms with Gasteiger partial charge in [0, 0.05) is 12.1 Å². The molecule has 1 aromatic carbocycles. The van der Waals surface area contributed by atoms with E-state index in [0.717, 1.165) is 17.7 Å². The number of rotatable bonds is 7. The Morgan fingerprint density at radius 3 is 2.81 bits per heavy atom. The molecule has 0 unspecified atom stereocenters. The second kappa shape index (κ2) is 7.68. The Morgan fingerprint density at radius 1 is 1.38 bits per heavy atom. The summed E-state index contributed by atoms with van der Waals surface area (Å²) in [5.41, 5.74) is 0.922. The SMILES string of the molecule is CCCNC(=O)CSc1n[nH]c(-c2ccc(OC)cc2)n1. The third-order valence-electron chi connectivity index (χ3n) is 2.73. The Hall–Kier alpha value is -2.02. The Balaban J connectivity index is 1.92. The van der Waals surface area contributed by atoms with Crippen molar-refractivity contribution in [2.75, 3.05) is 19.4 Å². The van der Waals surface area contributed by atoms with E-state index in [-0.39, 0.29) is 5.91 Å². The van der Waals surface area contributed by atoms with Gasteiger partial charge in [0.05, 0.1) is 12.9 Å². The zero-order valence-corrected chi connectivity index (χ0v) is 12.9. The van der Waals surface area contributed by atoms with Crippen LogP contribution in [-0.2, 0) is 4.79 Å². The zero-order chi connectivity index (χ0) is 15.1. The van der Waals surface area contributed by atoms with Crippen LogP contribution in [0.15, 0.2) is 29.4 Å². The van der Waals surface area contributed by atoms with Crippen molar-refractivity contribution in [3.05, 3.63) is 24.3 Å². The molecule has 0 atom stereocenters. The maximum Gasteiger partial charge on any atom is 0.230 e. The second-order valence-corrected chi connectivity index (χ2v) is 5.28. The Labute approximate surface area is 127 Å². The number of nitrogens with zero attached hydrogens (tertiary/aromatic N) is 2. The lowest BCUT2D eigenvalue weighted by Crippen LogP contribution is -2.25. The van der Waals surface area contributed by atoms with Crippen LogP contribution in [0, 0.1) is 0 Å². The highest BCUT2D eigenvalue weighted by Crippen LogP contribution is 2.21. The fraction of sp³-hybridized carbons (Fsp3) is 0.357. The summed E-state index contributed by atoms with van der Waals surface area (Å²) >= 11 is 1.31. The molecule has 0 radical (unpaired) electrons. The number of carbonyl (C=O) groups is 1. The number of carbonyl (C=O) groups excluding carboxylic acids is 1. The number of hydrogen-bond donors (Lipinski definition) is 2. The fourth-order valence-corrected chi connectivity index (χ4v) is 2.26. The van der Waals surface area contributed by atoms with E-state index >= 15 is 0 Å². The lowest BCUT2D eigenvalue weighted by atomic mass is 10.2. The van der Waals surface area contributed by atoms with Gasteiger partial charge in [0.15, 0.2) is 5.82 Å². The standard InChI is InChI=1S/C14H18N4O2S/c1-3-8-15-12(19)9-21-14-16-13(17-18-14)10-4-6-11(20-2)7-5-10/h4-7H,3,8-9H2,1-2H3,(H,15,19)(H,16,17,18). The summed E-state index contributed by atoms with van der Waals surface area (Å²) in [5, 5.41) is 10.4. The van der Waals surface area contributed by atoms with E-state index in [2.05, 4.69) is 20.5 Å². The van der Waals surface area contributed by atoms with Crippen molar-refractivity contribution in [3.8, 4) is 17.1 Å². The molecule has 0 spiro atoms. The minimum absolute atomic E-state index is 0.00218. The number of methoxy groups -OCH3 is 1. The monoisotopic (exact) mass is 306 g/mol. The molecule has 2 aromatic rings. The highest BCUT2D eigenvalue weighted by molar-refractivity contribution is 7.99. The number of nitrogens with one attached hydrogen (secondary N) is 2. The van der Waals surface area contributed by atoms with Gasteiger partial charge >= 0.3 is 0 Å². The molecule has 112 valence electrons. The normalized spacial score (nSPS) is 10.4. The van der Waals surface area contributed by atoms with Gasteiger partial charge in [0.1, 0.15) is 5.75 Å². The number of aromatic amines is 1. The van der Waals surface area contributed by atoms with Gasteiger partial charge in [-0.2, -0.15) is 0 Å². The van der Waals surface area contributed by atoms with Crippen LogP contribution < -0.4 is 10.1 Å². The van der Waals surface area contributed by atoms with Crippen LogP contribution in [0.3, 0.4) is 0 Å². The molecule has 7 heteroatoms. The quantitative estimate of drug-likeness (QED) is 0.766. The molecule has 2 rings (SSSR count). The first kappa shape index (κ1) is 15.4. The van der Waals surface area contributed by atoms with Crippen LogP contribution in [0.25, 0.3) is 11.4 Å². The Morgan fingerprint density at radius 2 is 2.14 bits per heavy atom. The largest absolute Gasteiger partial charge is 0.497 e. The molecular weight excluding hydrogens is 288 g/mol. The molecule has 2 N–H and O–H groups in total. The number of benzene rings is 1. The Kier molecular flexibility index (Phi) is 5.62. The molecule has 0 bridgehead atoms. The molecule has 1 heterocycles. The van der Waals surface area contributed by atoms with Crippen molar-refractivity contribution in [1.29, 1.82) is 0 Å². The van der Waals surface area contributed by atoms with Crippen LogP contribution >= 0.6 is 11.8 Å². The third kappa shape index (κ3) is 4.49. The minimum atomic E-state index is -0.00218. The molecular formula is C14H18N4O2S. The minimum Gasteiger partial charge on any atom is -0.497 e. The van der Waals surface area contributed by atoms with Crippen LogP contribution in [0.2, 0.25) is 0 Å². The second-order valence-electron chi connectivity index (χ2n) is 4.33. The van der Waals surface area contributed by atoms with E-state index in [9.17, 15) is 4.79 Å². The van der Waals surface area contributed by atoms with E-state index in [0.29, 0.717) is 23.3 Å². The van der Waals surface area contributed by atoms with Crippen molar-refractivity contribution in [2.45, 2.75) is 18.5 Å². The maximum absolute atomic E-state index is 11.5. The van der Waals surface area contributed by atoms with E-state index in [1.165, 1.54) is 11.8 Å². The summed E-state index contributed by atoms with van der Waals surface area (Å²) in [6.45, 7) is 2.72. The average Bonchev–Trinajstić information content (AvgIpc) is 3.00. The van der Waals surface area contributed by atoms with Crippen molar-refractivity contribution in [1.82, 2.24) is 20.5 Å². The first-order valence-electron chi connectivity index (χ1n) is 6.69. The fourth-order valence-electron chi connectivity index (χ4n) is 1.63. The molecule has 0 aliphatic rings. The Bertz CT molecular complexity index is 583. The summed E-state index contributed by atoms with van der Waals surface area (Å²) in [4.78, 5) is 15.9. The summed E-state index contributed by atoms with van der Waals surface area (Å²) < 4.78 is 5.11. The molecule has 6 nitrogen and oxygen atoms in total. The molecule has 21 heavy (non-hydrogen) atoms. The van der Waals surface area contributed by atoms with Crippen molar-refractivity contribution in [3.63, 3.8) is 0 Å². The maximum atomic E-state index is 11.5. The van der Waals surface area contributed by atoms with E-state index in [1.54, 1.807) is 7.11 Å². The van der Waals surface area contributed by atoms with Gasteiger partial charge in [-0.15, -0.1) is 5.10 Å². The number of amides is 1. The van der Waals surface area contributed by atoms with Crippen LogP contribution in [0.5, 0.6) is 5.75 Å². The summed E-state index contributed by atoms with van der Waals surface area (Å²) in [6.07, 6.45) is 0.929. The predicted octanol–water partition coefficient (Wildman–Crippen LogP) is 2.10. The molecule has 0 aliphatic heterocycles. The molecule has 0 saturated heterocycles. The number of H-pyrrole nitrogens is 1. The topological polar surface area (TPSA) is 79.9 Å². The van der Waals surface area contributed by atoms with E-state index < -0.39 is 0 Å². The smallest absolute Gasteiger partial charge is 0.230 e.